The molecule has 8 rings (SSSR count). The van der Waals surface area contributed by atoms with Crippen LogP contribution in [0.3, 0.4) is 0 Å². The Morgan fingerprint density at radius 3 is 2.45 bits per heavy atom. The first-order valence-corrected chi connectivity index (χ1v) is 14.6. The molecule has 0 bridgehead atoms. The van der Waals surface area contributed by atoms with E-state index in [1.807, 2.05) is 49.4 Å². The van der Waals surface area contributed by atoms with Gasteiger partial charge in [0.15, 0.2) is 0 Å². The number of aromatic hydroxyl groups is 1. The van der Waals surface area contributed by atoms with E-state index in [-0.39, 0.29) is 32.2 Å². The van der Waals surface area contributed by atoms with E-state index in [2.05, 4.69) is 63.0 Å². The Kier molecular flexibility index (Phi) is 6.29. The first-order valence-electron chi connectivity index (χ1n) is 14.6. The topological polar surface area (TPSA) is 77.1 Å². The third-order valence-corrected chi connectivity index (χ3v) is 9.34. The summed E-state index contributed by atoms with van der Waals surface area (Å²) in [7, 11) is 0. The van der Waals surface area contributed by atoms with Crippen molar-refractivity contribution >= 4 is 38.7 Å². The van der Waals surface area contributed by atoms with Crippen LogP contribution in [-0.2, 0) is 36.8 Å². The van der Waals surface area contributed by atoms with Crippen LogP contribution in [0.25, 0.3) is 32.8 Å². The number of ether oxygens (including phenoxy) is 2. The molecule has 0 unspecified atom stereocenters. The molecule has 2 aliphatic rings. The molecule has 2 atom stereocenters. The zero-order valence-electron chi connectivity index (χ0n) is 25.1. The van der Waals surface area contributed by atoms with Crippen LogP contribution in [0, 0.1) is 13.0 Å². The van der Waals surface area contributed by atoms with Crippen molar-refractivity contribution in [3.63, 3.8) is 0 Å². The van der Waals surface area contributed by atoms with E-state index in [1.165, 1.54) is 11.1 Å². The van der Waals surface area contributed by atoms with Crippen LogP contribution in [0.4, 0.5) is 0 Å². The second-order valence-electron chi connectivity index (χ2n) is 12.9. The molecule has 0 amide bonds. The fourth-order valence-electron chi connectivity index (χ4n) is 7.19. The van der Waals surface area contributed by atoms with E-state index in [0.717, 1.165) is 33.7 Å². The first-order chi connectivity index (χ1) is 20.5. The average molecular weight is 763 g/mol. The molecule has 7 heteroatoms. The fraction of sp³-hybridized carbons (Fsp3) is 0.243. The third kappa shape index (κ3) is 4.11. The van der Waals surface area contributed by atoms with Crippen molar-refractivity contribution in [1.29, 1.82) is 0 Å². The van der Waals surface area contributed by atoms with E-state index in [4.69, 9.17) is 18.9 Å². The number of hydrogen-bond acceptors (Lipinski definition) is 6. The van der Waals surface area contributed by atoms with Gasteiger partial charge in [-0.3, -0.25) is 4.99 Å². The maximum absolute atomic E-state index is 10.6. The minimum Gasteiger partial charge on any atom is -0.511 e. The Morgan fingerprint density at radius 1 is 0.886 bits per heavy atom. The van der Waals surface area contributed by atoms with Gasteiger partial charge in [-0.25, -0.2) is 4.98 Å². The second kappa shape index (κ2) is 9.67. The average Bonchev–Trinajstić information content (AvgIpc) is 3.48. The number of furan rings is 1. The van der Waals surface area contributed by atoms with E-state index in [1.54, 1.807) is 12.1 Å². The molecular formula is C37H31N2O4Pt-. The summed E-state index contributed by atoms with van der Waals surface area (Å²) in [6, 6.07) is 29.3. The molecule has 0 fully saturated rings. The van der Waals surface area contributed by atoms with Gasteiger partial charge < -0.3 is 19.0 Å². The summed E-state index contributed by atoms with van der Waals surface area (Å²) >= 11 is 0. The van der Waals surface area contributed by atoms with Gasteiger partial charge in [0, 0.05) is 37.9 Å². The molecule has 224 valence electrons. The van der Waals surface area contributed by atoms with Gasteiger partial charge in [0.25, 0.3) is 0 Å². The van der Waals surface area contributed by atoms with Gasteiger partial charge in [0.05, 0.1) is 11.3 Å². The Balaban J connectivity index is 0.00000312. The molecule has 6 aromatic rings. The molecule has 2 aromatic heterocycles. The predicted octanol–water partition coefficient (Wildman–Crippen LogP) is 8.87. The number of aryl methyl sites for hydroxylation is 1. The number of nitrogens with zero attached hydrogens (tertiary/aromatic N) is 2. The van der Waals surface area contributed by atoms with E-state index >= 15 is 0 Å². The number of pyridine rings is 1. The Hall–Kier alpha value is -4.15. The molecule has 0 saturated heterocycles. The van der Waals surface area contributed by atoms with Gasteiger partial charge in [0.1, 0.15) is 33.9 Å². The molecule has 44 heavy (non-hydrogen) atoms. The van der Waals surface area contributed by atoms with Gasteiger partial charge in [-0.2, -0.15) is 0 Å². The molecule has 3 heterocycles. The molecular weight excluding hydrogens is 731 g/mol. The maximum Gasteiger partial charge on any atom is 0.217 e. The number of rotatable bonds is 3. The van der Waals surface area contributed by atoms with Gasteiger partial charge in [-0.15, -0.1) is 6.07 Å². The van der Waals surface area contributed by atoms with Crippen LogP contribution in [0.5, 0.6) is 17.4 Å². The second-order valence-corrected chi connectivity index (χ2v) is 12.9. The van der Waals surface area contributed by atoms with Crippen LogP contribution in [-0.4, -0.2) is 21.6 Å². The monoisotopic (exact) mass is 762 g/mol. The van der Waals surface area contributed by atoms with E-state index in [9.17, 15) is 5.11 Å². The van der Waals surface area contributed by atoms with Gasteiger partial charge in [-0.1, -0.05) is 73.3 Å². The standard InChI is InChI=1S/C37H31N2O4.Pt/c1-21-16-22-14-15-31(38-32(22)28(40)17-21)41-30-19-23(18-25-24-10-6-9-13-29(24)42-33(25)30)34-39-37(5)27-12-8-7-11-26(27)35(2,3)20-36(37,4)43-34;/h6-18,40H,20H2,1-5H3;/q-1;/t36-,37-;/m0./s1. The van der Waals surface area contributed by atoms with Crippen LogP contribution in [0.2, 0.25) is 0 Å². The number of phenols is 1. The minimum absolute atomic E-state index is 0. The smallest absolute Gasteiger partial charge is 0.217 e. The van der Waals surface area contributed by atoms with Crippen molar-refractivity contribution in [3.8, 4) is 17.4 Å². The Morgan fingerprint density at radius 2 is 1.64 bits per heavy atom. The molecule has 6 nitrogen and oxygen atoms in total. The minimum atomic E-state index is -0.577. The zero-order valence-corrected chi connectivity index (χ0v) is 27.4. The van der Waals surface area contributed by atoms with Gasteiger partial charge in [0.2, 0.25) is 5.88 Å². The summed E-state index contributed by atoms with van der Waals surface area (Å²) in [5, 5.41) is 13.2. The van der Waals surface area contributed by atoms with E-state index in [0.29, 0.717) is 34.2 Å². The number of aromatic nitrogens is 1. The molecule has 1 N–H and O–H groups in total. The molecule has 0 saturated carbocycles. The molecule has 4 aromatic carbocycles. The molecule has 0 radical (unpaired) electrons. The zero-order chi connectivity index (χ0) is 29.7. The number of benzene rings is 4. The van der Waals surface area contributed by atoms with Crippen molar-refractivity contribution in [3.05, 3.63) is 107 Å². The SMILES string of the molecule is Cc1cc(O)c2nc(Oc3[c-]c(C4=N[C@@]5(C)c6ccccc6C(C)(C)C[C@]5(C)O4)cc4c3oc3ccccc34)ccc2c1.[Pt]. The normalized spacial score (nSPS) is 21.8. The Bertz CT molecular complexity index is 2170. The Labute approximate surface area is 270 Å². The number of aliphatic imine (C=N–C) groups is 1. The van der Waals surface area contributed by atoms with Gasteiger partial charge >= 0.3 is 0 Å². The van der Waals surface area contributed by atoms with Crippen molar-refractivity contribution in [1.82, 2.24) is 4.98 Å². The summed E-state index contributed by atoms with van der Waals surface area (Å²) in [6.45, 7) is 10.8. The largest absolute Gasteiger partial charge is 0.511 e. The van der Waals surface area contributed by atoms with Crippen LogP contribution in [0.1, 0.15) is 56.4 Å². The van der Waals surface area contributed by atoms with Crippen LogP contribution >= 0.6 is 0 Å². The van der Waals surface area contributed by atoms with Crippen molar-refractivity contribution in [2.75, 3.05) is 0 Å². The molecule has 0 spiro atoms. The maximum atomic E-state index is 10.6. The fourth-order valence-corrected chi connectivity index (χ4v) is 7.19. The number of hydrogen-bond donors (Lipinski definition) is 1. The summed E-state index contributed by atoms with van der Waals surface area (Å²) in [4.78, 5) is 9.93. The third-order valence-electron chi connectivity index (χ3n) is 9.34. The predicted molar refractivity (Wildman–Crippen MR) is 168 cm³/mol. The summed E-state index contributed by atoms with van der Waals surface area (Å²) in [5.41, 5.74) is 4.67. The van der Waals surface area contributed by atoms with Crippen LogP contribution in [0.15, 0.2) is 88.3 Å². The summed E-state index contributed by atoms with van der Waals surface area (Å²) in [5.74, 6) is 1.32. The van der Waals surface area contributed by atoms with E-state index < -0.39 is 11.1 Å². The van der Waals surface area contributed by atoms with Crippen molar-refractivity contribution in [2.45, 2.75) is 57.6 Å². The first kappa shape index (κ1) is 28.6. The molecule has 1 aliphatic carbocycles. The molecule has 1 aliphatic heterocycles. The number of para-hydroxylation sites is 1. The number of fused-ring (bicyclic) bond motifs is 7. The summed E-state index contributed by atoms with van der Waals surface area (Å²) in [6.07, 6.45) is 0.810. The quantitative estimate of drug-likeness (QED) is 0.183. The van der Waals surface area contributed by atoms with Crippen molar-refractivity contribution < 1.29 is 40.1 Å². The summed E-state index contributed by atoms with van der Waals surface area (Å²) < 4.78 is 19.5. The van der Waals surface area contributed by atoms with Gasteiger partial charge in [-0.05, 0) is 73.6 Å². The van der Waals surface area contributed by atoms with Crippen molar-refractivity contribution in [2.24, 2.45) is 4.99 Å². The number of phenolic OH excluding ortho intramolecular Hbond substituents is 1. The van der Waals surface area contributed by atoms with Crippen LogP contribution < -0.4 is 4.74 Å².